The van der Waals surface area contributed by atoms with Gasteiger partial charge in [0.15, 0.2) is 0 Å². The van der Waals surface area contributed by atoms with Crippen LogP contribution in [0.4, 0.5) is 4.39 Å². The summed E-state index contributed by atoms with van der Waals surface area (Å²) in [5.74, 6) is -1.96. The predicted octanol–water partition coefficient (Wildman–Crippen LogP) is 6.30. The van der Waals surface area contributed by atoms with E-state index in [2.05, 4.69) is 10.2 Å². The van der Waals surface area contributed by atoms with Crippen molar-refractivity contribution in [2.24, 2.45) is 5.92 Å². The van der Waals surface area contributed by atoms with E-state index in [1.54, 1.807) is 31.3 Å². The Morgan fingerprint density at radius 2 is 1.63 bits per heavy atom. The van der Waals surface area contributed by atoms with Crippen molar-refractivity contribution >= 4 is 11.9 Å². The van der Waals surface area contributed by atoms with Gasteiger partial charge in [0.1, 0.15) is 11.9 Å². The summed E-state index contributed by atoms with van der Waals surface area (Å²) >= 11 is 0. The number of carboxylic acid groups (broad SMARTS) is 1. The molecule has 0 bridgehead atoms. The second-order valence-electron chi connectivity index (χ2n) is 12.4. The van der Waals surface area contributed by atoms with Gasteiger partial charge in [0.05, 0.1) is 12.5 Å². The van der Waals surface area contributed by atoms with Gasteiger partial charge >= 0.3 is 5.97 Å². The molecule has 0 aliphatic carbocycles. The van der Waals surface area contributed by atoms with E-state index in [-0.39, 0.29) is 17.0 Å². The highest BCUT2D eigenvalue weighted by molar-refractivity contribution is 5.82. The summed E-state index contributed by atoms with van der Waals surface area (Å²) in [6.45, 7) is 12.3. The molecular formula is C35H46FN3O4. The average molecular weight is 592 g/mol. The number of carbonyl (C=O) groups is 2. The maximum atomic E-state index is 15.7. The van der Waals surface area contributed by atoms with Crippen LogP contribution in [0.2, 0.25) is 0 Å². The standard InChI is InChI=1S/C35H46FN3O4/c1-21(2)12-13-30(39-20-26(14-15-38(7)8)24(5)17-31(39)40)35(43)37-29(19-32(41)42)28-18-27(16-25(6)34(28)36)33-22(3)10-9-11-23(33)4/h9-11,16-18,20-21,29-30H,12-15,19H2,1-8H3,(H,37,43)(H,41,42)/t29-,30-/m0/s1. The van der Waals surface area contributed by atoms with Gasteiger partial charge in [-0.2, -0.15) is 0 Å². The molecule has 0 unspecified atom stereocenters. The third-order valence-corrected chi connectivity index (χ3v) is 8.00. The summed E-state index contributed by atoms with van der Waals surface area (Å²) in [5, 5.41) is 12.7. The van der Waals surface area contributed by atoms with Gasteiger partial charge in [-0.05, 0) is 118 Å². The summed E-state index contributed by atoms with van der Waals surface area (Å²) in [7, 11) is 3.95. The van der Waals surface area contributed by atoms with Crippen molar-refractivity contribution < 1.29 is 19.1 Å². The van der Waals surface area contributed by atoms with Crippen molar-refractivity contribution in [3.05, 3.63) is 92.1 Å². The summed E-state index contributed by atoms with van der Waals surface area (Å²) in [5.41, 5.74) is 5.70. The minimum absolute atomic E-state index is 0.110. The first-order chi connectivity index (χ1) is 20.2. The molecule has 1 aromatic heterocycles. The van der Waals surface area contributed by atoms with Gasteiger partial charge in [-0.3, -0.25) is 14.4 Å². The molecule has 2 aromatic carbocycles. The lowest BCUT2D eigenvalue weighted by molar-refractivity contribution is -0.138. The third-order valence-electron chi connectivity index (χ3n) is 8.00. The van der Waals surface area contributed by atoms with Gasteiger partial charge in [-0.25, -0.2) is 4.39 Å². The number of aromatic nitrogens is 1. The number of carboxylic acids is 1. The van der Waals surface area contributed by atoms with Crippen LogP contribution in [0.15, 0.2) is 47.4 Å². The number of benzene rings is 2. The third kappa shape index (κ3) is 8.63. The van der Waals surface area contributed by atoms with Crippen LogP contribution in [0.3, 0.4) is 0 Å². The molecule has 2 atom stereocenters. The molecule has 232 valence electrons. The number of hydrogen-bond acceptors (Lipinski definition) is 4. The second kappa shape index (κ2) is 14.6. The minimum atomic E-state index is -1.17. The van der Waals surface area contributed by atoms with Crippen LogP contribution in [0.1, 0.15) is 78.6 Å². The number of nitrogens with one attached hydrogen (secondary N) is 1. The lowest BCUT2D eigenvalue weighted by Gasteiger charge is -2.26. The summed E-state index contributed by atoms with van der Waals surface area (Å²) in [6.07, 6.45) is 3.00. The van der Waals surface area contributed by atoms with Gasteiger partial charge in [0, 0.05) is 24.4 Å². The molecule has 8 heteroatoms. The Kier molecular flexibility index (Phi) is 11.4. The number of likely N-dealkylation sites (N-methyl/N-ethyl adjacent to an activating group) is 1. The minimum Gasteiger partial charge on any atom is -0.481 e. The van der Waals surface area contributed by atoms with Gasteiger partial charge in [-0.15, -0.1) is 0 Å². The number of amides is 1. The molecule has 1 heterocycles. The van der Waals surface area contributed by atoms with E-state index in [1.165, 1.54) is 4.57 Å². The normalized spacial score (nSPS) is 12.9. The number of hydrogen-bond donors (Lipinski definition) is 2. The zero-order valence-electron chi connectivity index (χ0n) is 26.8. The van der Waals surface area contributed by atoms with E-state index in [0.717, 1.165) is 39.9 Å². The van der Waals surface area contributed by atoms with Crippen LogP contribution < -0.4 is 10.9 Å². The molecule has 7 nitrogen and oxygen atoms in total. The number of nitrogens with zero attached hydrogens (tertiary/aromatic N) is 2. The molecule has 0 saturated heterocycles. The number of aryl methyl sites for hydroxylation is 4. The Morgan fingerprint density at radius 1 is 0.977 bits per heavy atom. The van der Waals surface area contributed by atoms with E-state index in [4.69, 9.17) is 0 Å². The van der Waals surface area contributed by atoms with Gasteiger partial charge in [0.2, 0.25) is 5.91 Å². The van der Waals surface area contributed by atoms with Crippen molar-refractivity contribution in [3.63, 3.8) is 0 Å². The van der Waals surface area contributed by atoms with Crippen molar-refractivity contribution in [2.75, 3.05) is 20.6 Å². The Morgan fingerprint density at radius 3 is 2.21 bits per heavy atom. The summed E-state index contributed by atoms with van der Waals surface area (Å²) in [4.78, 5) is 41.3. The molecule has 1 amide bonds. The van der Waals surface area contributed by atoms with Crippen molar-refractivity contribution in [1.82, 2.24) is 14.8 Å². The summed E-state index contributed by atoms with van der Waals surface area (Å²) < 4.78 is 17.2. The fourth-order valence-electron chi connectivity index (χ4n) is 5.57. The Labute approximate surface area is 254 Å². The maximum Gasteiger partial charge on any atom is 0.305 e. The second-order valence-corrected chi connectivity index (χ2v) is 12.4. The van der Waals surface area contributed by atoms with Crippen LogP contribution >= 0.6 is 0 Å². The highest BCUT2D eigenvalue weighted by Crippen LogP contribution is 2.33. The molecule has 0 radical (unpaired) electrons. The van der Waals surface area contributed by atoms with Gasteiger partial charge in [0.25, 0.3) is 5.56 Å². The molecular weight excluding hydrogens is 545 g/mol. The van der Waals surface area contributed by atoms with Gasteiger partial charge in [-0.1, -0.05) is 32.0 Å². The van der Waals surface area contributed by atoms with Gasteiger partial charge < -0.3 is 19.9 Å². The molecule has 2 N–H and O–H groups in total. The Bertz CT molecular complexity index is 1510. The number of halogens is 1. The SMILES string of the molecule is Cc1cc(=O)n([C@@H](CCC(C)C)C(=O)N[C@@H](CC(=O)O)c2cc(-c3c(C)cccc3C)cc(C)c2F)cc1CCN(C)C. The largest absolute Gasteiger partial charge is 0.481 e. The highest BCUT2D eigenvalue weighted by Gasteiger charge is 2.29. The monoisotopic (exact) mass is 591 g/mol. The Hall–Kier alpha value is -3.78. The highest BCUT2D eigenvalue weighted by atomic mass is 19.1. The molecule has 0 fully saturated rings. The number of rotatable bonds is 13. The zero-order valence-corrected chi connectivity index (χ0v) is 26.8. The fraction of sp³-hybridized carbons (Fsp3) is 0.457. The first-order valence-electron chi connectivity index (χ1n) is 14.9. The molecule has 0 aliphatic rings. The smallest absolute Gasteiger partial charge is 0.305 e. The molecule has 3 rings (SSSR count). The molecule has 0 saturated carbocycles. The molecule has 43 heavy (non-hydrogen) atoms. The van der Waals surface area contributed by atoms with E-state index < -0.39 is 36.2 Å². The van der Waals surface area contributed by atoms with E-state index in [9.17, 15) is 19.5 Å². The first kappa shape index (κ1) is 33.7. The van der Waals surface area contributed by atoms with Crippen LogP contribution in [0.5, 0.6) is 0 Å². The van der Waals surface area contributed by atoms with Crippen LogP contribution in [-0.4, -0.2) is 47.1 Å². The topological polar surface area (TPSA) is 91.6 Å². The van der Waals surface area contributed by atoms with Crippen LogP contribution in [0, 0.1) is 39.4 Å². The number of pyridine rings is 1. The Balaban J connectivity index is 2.09. The predicted molar refractivity (Wildman–Crippen MR) is 170 cm³/mol. The fourth-order valence-corrected chi connectivity index (χ4v) is 5.57. The van der Waals surface area contributed by atoms with Crippen molar-refractivity contribution in [2.45, 2.75) is 79.3 Å². The zero-order chi connectivity index (χ0) is 32.0. The lowest BCUT2D eigenvalue weighted by Crippen LogP contribution is -2.40. The molecule has 0 aliphatic heterocycles. The first-order valence-corrected chi connectivity index (χ1v) is 14.9. The number of aliphatic carboxylic acids is 1. The maximum absolute atomic E-state index is 15.7. The quantitative estimate of drug-likeness (QED) is 0.243. The van der Waals surface area contributed by atoms with Crippen LogP contribution in [-0.2, 0) is 16.0 Å². The summed E-state index contributed by atoms with van der Waals surface area (Å²) in [6, 6.07) is 8.83. The number of carbonyl (C=O) groups excluding carboxylic acids is 1. The van der Waals surface area contributed by atoms with Crippen molar-refractivity contribution in [3.8, 4) is 11.1 Å². The molecule has 0 spiro atoms. The van der Waals surface area contributed by atoms with E-state index in [1.807, 2.05) is 66.9 Å². The van der Waals surface area contributed by atoms with E-state index >= 15 is 4.39 Å². The average Bonchev–Trinajstić information content (AvgIpc) is 2.90. The van der Waals surface area contributed by atoms with E-state index in [0.29, 0.717) is 24.8 Å². The lowest BCUT2D eigenvalue weighted by atomic mass is 9.90. The van der Waals surface area contributed by atoms with Crippen LogP contribution in [0.25, 0.3) is 11.1 Å². The molecule has 3 aromatic rings. The van der Waals surface area contributed by atoms with Crippen molar-refractivity contribution in [1.29, 1.82) is 0 Å².